The molecule has 0 aromatic rings. The molecule has 0 amide bonds. The molecule has 0 saturated heterocycles. The molecule has 13 heavy (non-hydrogen) atoms. The standard InChI is InChI=1S/C11H19ClO/c1-2-3-4-9-13-11-7-5-10(12)6-8-11/h3-4,10-11H,2,5-9H2,1H3. The van der Waals surface area contributed by atoms with Gasteiger partial charge in [0.1, 0.15) is 0 Å². The van der Waals surface area contributed by atoms with Crippen LogP contribution in [-0.2, 0) is 4.74 Å². The molecule has 0 aromatic carbocycles. The zero-order valence-electron chi connectivity index (χ0n) is 8.34. The van der Waals surface area contributed by atoms with E-state index in [4.69, 9.17) is 16.3 Å². The van der Waals surface area contributed by atoms with Gasteiger partial charge >= 0.3 is 0 Å². The predicted octanol–water partition coefficient (Wildman–Crippen LogP) is 3.52. The van der Waals surface area contributed by atoms with Gasteiger partial charge in [0.25, 0.3) is 0 Å². The first-order valence-corrected chi connectivity index (χ1v) is 5.67. The lowest BCUT2D eigenvalue weighted by Gasteiger charge is -2.24. The lowest BCUT2D eigenvalue weighted by Crippen LogP contribution is -2.21. The molecule has 0 N–H and O–H groups in total. The molecule has 0 radical (unpaired) electrons. The van der Waals surface area contributed by atoms with E-state index in [-0.39, 0.29) is 0 Å². The quantitative estimate of drug-likeness (QED) is 0.501. The summed E-state index contributed by atoms with van der Waals surface area (Å²) in [6.45, 7) is 2.90. The molecule has 1 fully saturated rings. The van der Waals surface area contributed by atoms with Crippen molar-refractivity contribution in [3.05, 3.63) is 12.2 Å². The second-order valence-corrected chi connectivity index (χ2v) is 4.20. The van der Waals surface area contributed by atoms with Crippen LogP contribution < -0.4 is 0 Å². The van der Waals surface area contributed by atoms with E-state index >= 15 is 0 Å². The highest BCUT2D eigenvalue weighted by atomic mass is 35.5. The van der Waals surface area contributed by atoms with E-state index < -0.39 is 0 Å². The fourth-order valence-electron chi connectivity index (χ4n) is 1.62. The van der Waals surface area contributed by atoms with Crippen molar-refractivity contribution in [3.63, 3.8) is 0 Å². The van der Waals surface area contributed by atoms with Gasteiger partial charge < -0.3 is 4.74 Å². The van der Waals surface area contributed by atoms with E-state index in [0.29, 0.717) is 11.5 Å². The van der Waals surface area contributed by atoms with Gasteiger partial charge in [0, 0.05) is 5.38 Å². The molecule has 1 saturated carbocycles. The third-order valence-corrected chi connectivity index (χ3v) is 2.87. The minimum Gasteiger partial charge on any atom is -0.374 e. The molecule has 2 heteroatoms. The Morgan fingerprint density at radius 1 is 1.23 bits per heavy atom. The summed E-state index contributed by atoms with van der Waals surface area (Å²) in [7, 11) is 0. The van der Waals surface area contributed by atoms with Crippen molar-refractivity contribution in [2.75, 3.05) is 6.61 Å². The predicted molar refractivity (Wildman–Crippen MR) is 57.3 cm³/mol. The minimum absolute atomic E-state index is 0.394. The van der Waals surface area contributed by atoms with Gasteiger partial charge in [0.15, 0.2) is 0 Å². The summed E-state index contributed by atoms with van der Waals surface area (Å²) in [6, 6.07) is 0. The number of hydrogen-bond donors (Lipinski definition) is 0. The minimum atomic E-state index is 0.394. The average Bonchev–Trinajstić information content (AvgIpc) is 2.15. The van der Waals surface area contributed by atoms with Gasteiger partial charge in [-0.3, -0.25) is 0 Å². The summed E-state index contributed by atoms with van der Waals surface area (Å²) < 4.78 is 5.69. The van der Waals surface area contributed by atoms with E-state index in [1.165, 1.54) is 0 Å². The van der Waals surface area contributed by atoms with Crippen LogP contribution in [0.15, 0.2) is 12.2 Å². The van der Waals surface area contributed by atoms with Gasteiger partial charge in [0.2, 0.25) is 0 Å². The third-order valence-electron chi connectivity index (χ3n) is 2.43. The van der Waals surface area contributed by atoms with E-state index in [1.54, 1.807) is 0 Å². The van der Waals surface area contributed by atoms with Crippen LogP contribution in [0.1, 0.15) is 39.0 Å². The maximum absolute atomic E-state index is 6.00. The molecule has 1 rings (SSSR count). The molecule has 0 aromatic heterocycles. The Balaban J connectivity index is 2.05. The molecule has 0 aliphatic heterocycles. The Morgan fingerprint density at radius 3 is 2.54 bits per heavy atom. The van der Waals surface area contributed by atoms with Crippen LogP contribution in [0.3, 0.4) is 0 Å². The second kappa shape index (κ2) is 6.44. The van der Waals surface area contributed by atoms with Crippen molar-refractivity contribution in [2.45, 2.75) is 50.5 Å². The van der Waals surface area contributed by atoms with Gasteiger partial charge in [0.05, 0.1) is 12.7 Å². The van der Waals surface area contributed by atoms with Crippen molar-refractivity contribution in [1.29, 1.82) is 0 Å². The molecule has 1 aliphatic carbocycles. The van der Waals surface area contributed by atoms with Crippen LogP contribution in [-0.4, -0.2) is 18.1 Å². The van der Waals surface area contributed by atoms with Crippen LogP contribution in [0.4, 0.5) is 0 Å². The van der Waals surface area contributed by atoms with Crippen molar-refractivity contribution in [3.8, 4) is 0 Å². The van der Waals surface area contributed by atoms with Crippen molar-refractivity contribution < 1.29 is 4.74 Å². The largest absolute Gasteiger partial charge is 0.374 e. The van der Waals surface area contributed by atoms with Crippen LogP contribution >= 0.6 is 11.6 Å². The number of ether oxygens (including phenoxy) is 1. The Morgan fingerprint density at radius 2 is 1.92 bits per heavy atom. The van der Waals surface area contributed by atoms with Gasteiger partial charge in [-0.15, -0.1) is 11.6 Å². The van der Waals surface area contributed by atoms with Crippen molar-refractivity contribution in [1.82, 2.24) is 0 Å². The fraction of sp³-hybridized carbons (Fsp3) is 0.818. The lowest BCUT2D eigenvalue weighted by molar-refractivity contribution is 0.0473. The number of allylic oxidation sites excluding steroid dienone is 1. The van der Waals surface area contributed by atoms with E-state index in [1.807, 2.05) is 0 Å². The maximum atomic E-state index is 6.00. The SMILES string of the molecule is CCC=CCOC1CCC(Cl)CC1. The highest BCUT2D eigenvalue weighted by molar-refractivity contribution is 6.20. The molecular formula is C11H19ClO. The number of hydrogen-bond acceptors (Lipinski definition) is 1. The molecular weight excluding hydrogens is 184 g/mol. The van der Waals surface area contributed by atoms with Gasteiger partial charge in [-0.1, -0.05) is 19.1 Å². The number of alkyl halides is 1. The zero-order chi connectivity index (χ0) is 9.52. The normalized spacial score (nSPS) is 29.7. The summed E-state index contributed by atoms with van der Waals surface area (Å²) in [5.41, 5.74) is 0. The highest BCUT2D eigenvalue weighted by Gasteiger charge is 2.19. The molecule has 0 unspecified atom stereocenters. The molecule has 1 aliphatic rings. The Bertz CT molecular complexity index is 148. The van der Waals surface area contributed by atoms with Crippen LogP contribution in [0.5, 0.6) is 0 Å². The van der Waals surface area contributed by atoms with Gasteiger partial charge in [-0.2, -0.15) is 0 Å². The van der Waals surface area contributed by atoms with E-state index in [9.17, 15) is 0 Å². The zero-order valence-corrected chi connectivity index (χ0v) is 9.09. The van der Waals surface area contributed by atoms with Crippen molar-refractivity contribution in [2.24, 2.45) is 0 Å². The Labute approximate surface area is 86.1 Å². The number of rotatable bonds is 4. The molecule has 0 spiro atoms. The summed E-state index contributed by atoms with van der Waals surface area (Å²) in [4.78, 5) is 0. The van der Waals surface area contributed by atoms with Crippen LogP contribution in [0.2, 0.25) is 0 Å². The lowest BCUT2D eigenvalue weighted by atomic mass is 9.97. The molecule has 0 bridgehead atoms. The first kappa shape index (κ1) is 11.1. The Kier molecular flexibility index (Phi) is 5.49. The third kappa shape index (κ3) is 4.68. The number of halogens is 1. The monoisotopic (exact) mass is 202 g/mol. The van der Waals surface area contributed by atoms with Crippen LogP contribution in [0.25, 0.3) is 0 Å². The van der Waals surface area contributed by atoms with E-state index in [2.05, 4.69) is 19.1 Å². The first-order chi connectivity index (χ1) is 6.33. The second-order valence-electron chi connectivity index (χ2n) is 3.59. The highest BCUT2D eigenvalue weighted by Crippen LogP contribution is 2.24. The Hall–Kier alpha value is -0.0100. The molecule has 76 valence electrons. The smallest absolute Gasteiger partial charge is 0.0651 e. The van der Waals surface area contributed by atoms with Crippen molar-refractivity contribution >= 4 is 11.6 Å². The first-order valence-electron chi connectivity index (χ1n) is 5.23. The molecule has 0 heterocycles. The van der Waals surface area contributed by atoms with Crippen LogP contribution in [0, 0.1) is 0 Å². The average molecular weight is 203 g/mol. The van der Waals surface area contributed by atoms with Gasteiger partial charge in [-0.05, 0) is 32.1 Å². The summed E-state index contributed by atoms with van der Waals surface area (Å²) >= 11 is 6.00. The topological polar surface area (TPSA) is 9.23 Å². The maximum Gasteiger partial charge on any atom is 0.0651 e. The summed E-state index contributed by atoms with van der Waals surface area (Å²) in [5.74, 6) is 0. The fourth-order valence-corrected chi connectivity index (χ4v) is 1.87. The van der Waals surface area contributed by atoms with Gasteiger partial charge in [-0.25, -0.2) is 0 Å². The van der Waals surface area contributed by atoms with E-state index in [0.717, 1.165) is 38.7 Å². The molecule has 1 nitrogen and oxygen atoms in total. The summed E-state index contributed by atoms with van der Waals surface area (Å²) in [6.07, 6.45) is 10.3. The summed E-state index contributed by atoms with van der Waals surface area (Å²) in [5, 5.41) is 0.394. The molecule has 0 atom stereocenters.